The van der Waals surface area contributed by atoms with Crippen molar-refractivity contribution in [2.24, 2.45) is 5.92 Å². The number of unbranched alkanes of at least 4 members (excludes halogenated alkanes) is 1. The van der Waals surface area contributed by atoms with Crippen molar-refractivity contribution in [3.8, 4) is 6.07 Å². The Labute approximate surface area is 216 Å². The first kappa shape index (κ1) is 28.2. The van der Waals surface area contributed by atoms with Crippen LogP contribution >= 0.6 is 0 Å². The van der Waals surface area contributed by atoms with E-state index in [9.17, 15) is 28.0 Å². The molecule has 2 aromatic rings. The third-order valence-electron chi connectivity index (χ3n) is 7.31. The molecular formula is C29H34F3N3O2. The quantitative estimate of drug-likeness (QED) is 0.397. The first-order valence-electron chi connectivity index (χ1n) is 12.8. The lowest BCUT2D eigenvalue weighted by Crippen LogP contribution is -2.45. The summed E-state index contributed by atoms with van der Waals surface area (Å²) < 4.78 is 38.2. The van der Waals surface area contributed by atoms with E-state index in [1.54, 1.807) is 4.90 Å². The summed E-state index contributed by atoms with van der Waals surface area (Å²) in [6, 6.07) is 16.4. The van der Waals surface area contributed by atoms with Crippen LogP contribution in [0.4, 0.5) is 13.2 Å². The van der Waals surface area contributed by atoms with Gasteiger partial charge >= 0.3 is 6.18 Å². The molecule has 1 aliphatic rings. The largest absolute Gasteiger partial charge is 0.416 e. The van der Waals surface area contributed by atoms with Crippen LogP contribution in [0.15, 0.2) is 54.6 Å². The van der Waals surface area contributed by atoms with E-state index in [0.717, 1.165) is 24.1 Å². The standard InChI is InChI=1S/C29H34F3N3O2/c1-21(2)28(20-33,23-9-4-3-5-10-23)17-7-6-12-26(36)35-18-8-11-25(35)27(37)34-19-22-13-15-24(16-14-22)29(30,31)32/h3-5,9-10,13-16,21,25H,6-8,11-12,17-19H2,1-2H3,(H,34,37)/t25-,28?/m1/s1. The number of nitrogens with zero attached hydrogens (tertiary/aromatic N) is 2. The number of hydrogen-bond acceptors (Lipinski definition) is 3. The average molecular weight is 514 g/mol. The van der Waals surface area contributed by atoms with E-state index in [1.165, 1.54) is 12.1 Å². The van der Waals surface area contributed by atoms with Crippen molar-refractivity contribution < 1.29 is 22.8 Å². The molecule has 5 nitrogen and oxygen atoms in total. The molecule has 0 aliphatic carbocycles. The highest BCUT2D eigenvalue weighted by atomic mass is 19.4. The van der Waals surface area contributed by atoms with E-state index in [0.29, 0.717) is 44.2 Å². The van der Waals surface area contributed by atoms with Crippen LogP contribution in [0.1, 0.15) is 69.1 Å². The minimum atomic E-state index is -4.40. The number of nitriles is 1. The molecule has 2 amide bonds. The van der Waals surface area contributed by atoms with Gasteiger partial charge in [-0.05, 0) is 54.9 Å². The summed E-state index contributed by atoms with van der Waals surface area (Å²) in [5.41, 5.74) is 0.197. The molecule has 2 atom stereocenters. The summed E-state index contributed by atoms with van der Waals surface area (Å²) in [5, 5.41) is 12.8. The van der Waals surface area contributed by atoms with Crippen LogP contribution in [0.2, 0.25) is 0 Å². The lowest BCUT2D eigenvalue weighted by molar-refractivity contribution is -0.138. The Morgan fingerprint density at radius 3 is 2.32 bits per heavy atom. The molecule has 3 rings (SSSR count). The molecule has 1 heterocycles. The van der Waals surface area contributed by atoms with Crippen LogP contribution < -0.4 is 5.32 Å². The first-order valence-corrected chi connectivity index (χ1v) is 12.8. The van der Waals surface area contributed by atoms with E-state index < -0.39 is 23.2 Å². The van der Waals surface area contributed by atoms with Crippen molar-refractivity contribution in [1.82, 2.24) is 10.2 Å². The second kappa shape index (κ2) is 12.3. The second-order valence-corrected chi connectivity index (χ2v) is 9.97. The normalized spacial score (nSPS) is 17.3. The Kier molecular flexibility index (Phi) is 9.36. The zero-order valence-corrected chi connectivity index (χ0v) is 21.4. The van der Waals surface area contributed by atoms with Crippen LogP contribution in [0.3, 0.4) is 0 Å². The van der Waals surface area contributed by atoms with Crippen molar-refractivity contribution in [3.05, 3.63) is 71.3 Å². The van der Waals surface area contributed by atoms with Crippen LogP contribution in [0.25, 0.3) is 0 Å². The number of benzene rings is 2. The van der Waals surface area contributed by atoms with Gasteiger partial charge in [-0.3, -0.25) is 9.59 Å². The van der Waals surface area contributed by atoms with E-state index in [4.69, 9.17) is 0 Å². The van der Waals surface area contributed by atoms with E-state index >= 15 is 0 Å². The third kappa shape index (κ3) is 6.91. The SMILES string of the molecule is CC(C)C(C#N)(CCCCC(=O)N1CCC[C@@H]1C(=O)NCc1ccc(C(F)(F)F)cc1)c1ccccc1. The maximum atomic E-state index is 12.9. The predicted molar refractivity (Wildman–Crippen MR) is 135 cm³/mol. The fraction of sp³-hybridized carbons (Fsp3) is 0.483. The van der Waals surface area contributed by atoms with Gasteiger partial charge in [0.25, 0.3) is 0 Å². The van der Waals surface area contributed by atoms with Gasteiger partial charge < -0.3 is 10.2 Å². The summed E-state index contributed by atoms with van der Waals surface area (Å²) in [5.74, 6) is -0.260. The average Bonchev–Trinajstić information content (AvgIpc) is 3.38. The van der Waals surface area contributed by atoms with Gasteiger partial charge in [-0.1, -0.05) is 62.7 Å². The number of carbonyl (C=O) groups is 2. The summed E-state index contributed by atoms with van der Waals surface area (Å²) in [6.45, 7) is 4.69. The molecule has 0 spiro atoms. The van der Waals surface area contributed by atoms with Gasteiger partial charge in [-0.25, -0.2) is 0 Å². The Morgan fingerprint density at radius 1 is 1.05 bits per heavy atom. The predicted octanol–water partition coefficient (Wildman–Crippen LogP) is 5.99. The number of carbonyl (C=O) groups excluding carboxylic acids is 2. The van der Waals surface area contributed by atoms with Gasteiger partial charge in [0.1, 0.15) is 6.04 Å². The van der Waals surface area contributed by atoms with Crippen LogP contribution in [-0.4, -0.2) is 29.3 Å². The molecule has 1 N–H and O–H groups in total. The minimum absolute atomic E-state index is 0.0843. The number of hydrogen-bond donors (Lipinski definition) is 1. The summed E-state index contributed by atoms with van der Waals surface area (Å²) in [4.78, 5) is 27.3. The van der Waals surface area contributed by atoms with E-state index in [2.05, 4.69) is 11.4 Å². The van der Waals surface area contributed by atoms with Crippen LogP contribution in [0.5, 0.6) is 0 Å². The molecule has 1 saturated heterocycles. The van der Waals surface area contributed by atoms with Crippen molar-refractivity contribution in [1.29, 1.82) is 5.26 Å². The van der Waals surface area contributed by atoms with Crippen LogP contribution in [-0.2, 0) is 27.7 Å². The summed E-state index contributed by atoms with van der Waals surface area (Å²) in [6.07, 6.45) is -0.832. The number of halogens is 3. The molecule has 1 fully saturated rings. The smallest absolute Gasteiger partial charge is 0.350 e. The monoisotopic (exact) mass is 513 g/mol. The molecule has 0 radical (unpaired) electrons. The number of amides is 2. The Balaban J connectivity index is 1.51. The Hall–Kier alpha value is -3.34. The molecular weight excluding hydrogens is 479 g/mol. The molecule has 37 heavy (non-hydrogen) atoms. The van der Waals surface area contributed by atoms with E-state index in [1.807, 2.05) is 44.2 Å². The topological polar surface area (TPSA) is 73.2 Å². The van der Waals surface area contributed by atoms with Crippen LogP contribution in [0, 0.1) is 17.2 Å². The van der Waals surface area contributed by atoms with Gasteiger partial charge in [0.05, 0.1) is 17.0 Å². The van der Waals surface area contributed by atoms with Crippen molar-refractivity contribution in [2.45, 2.75) is 76.6 Å². The van der Waals surface area contributed by atoms with Gasteiger partial charge in [-0.15, -0.1) is 0 Å². The maximum Gasteiger partial charge on any atom is 0.416 e. The van der Waals surface area contributed by atoms with Gasteiger partial charge in [0.2, 0.25) is 11.8 Å². The van der Waals surface area contributed by atoms with Crippen molar-refractivity contribution in [3.63, 3.8) is 0 Å². The Bertz CT molecular complexity index is 1090. The number of likely N-dealkylation sites (tertiary alicyclic amines) is 1. The molecule has 198 valence electrons. The highest BCUT2D eigenvalue weighted by molar-refractivity contribution is 5.88. The van der Waals surface area contributed by atoms with E-state index in [-0.39, 0.29) is 24.3 Å². The fourth-order valence-electron chi connectivity index (χ4n) is 5.03. The lowest BCUT2D eigenvalue weighted by atomic mass is 9.69. The second-order valence-electron chi connectivity index (χ2n) is 9.97. The number of rotatable bonds is 10. The first-order chi connectivity index (χ1) is 17.6. The summed E-state index contributed by atoms with van der Waals surface area (Å²) >= 11 is 0. The van der Waals surface area contributed by atoms with Gasteiger partial charge in [-0.2, -0.15) is 18.4 Å². The lowest BCUT2D eigenvalue weighted by Gasteiger charge is -2.31. The zero-order valence-electron chi connectivity index (χ0n) is 21.4. The molecule has 0 aromatic heterocycles. The molecule has 1 unspecified atom stereocenters. The molecule has 8 heteroatoms. The van der Waals surface area contributed by atoms with Crippen molar-refractivity contribution in [2.75, 3.05) is 6.54 Å². The van der Waals surface area contributed by atoms with Crippen molar-refractivity contribution >= 4 is 11.8 Å². The molecule has 2 aromatic carbocycles. The highest BCUT2D eigenvalue weighted by Crippen LogP contribution is 2.37. The minimum Gasteiger partial charge on any atom is -0.350 e. The molecule has 1 aliphatic heterocycles. The fourth-order valence-corrected chi connectivity index (χ4v) is 5.03. The number of nitrogens with one attached hydrogen (secondary N) is 1. The van der Waals surface area contributed by atoms with Gasteiger partial charge in [0.15, 0.2) is 0 Å². The number of alkyl halides is 3. The Morgan fingerprint density at radius 2 is 1.73 bits per heavy atom. The maximum absolute atomic E-state index is 12.9. The summed E-state index contributed by atoms with van der Waals surface area (Å²) in [7, 11) is 0. The molecule has 0 bridgehead atoms. The zero-order chi connectivity index (χ0) is 27.1. The van der Waals surface area contributed by atoms with Gasteiger partial charge in [0, 0.05) is 19.5 Å². The third-order valence-corrected chi connectivity index (χ3v) is 7.31. The molecule has 0 saturated carbocycles. The highest BCUT2D eigenvalue weighted by Gasteiger charge is 2.36.